The molecule has 0 spiro atoms. The van der Waals surface area contributed by atoms with Crippen molar-refractivity contribution < 1.29 is 9.53 Å². The van der Waals surface area contributed by atoms with Crippen molar-refractivity contribution in [1.29, 1.82) is 0 Å². The summed E-state index contributed by atoms with van der Waals surface area (Å²) in [4.78, 5) is 11.6. The molecule has 1 aliphatic rings. The molecule has 2 rings (SSSR count). The molecule has 1 heterocycles. The first kappa shape index (κ1) is 12.8. The topological polar surface area (TPSA) is 52.3 Å². The zero-order valence-electron chi connectivity index (χ0n) is 10.7. The van der Waals surface area contributed by atoms with Crippen LogP contribution in [0.4, 0.5) is 0 Å². The maximum Gasteiger partial charge on any atom is 0.161 e. The van der Waals surface area contributed by atoms with Crippen molar-refractivity contribution in [1.82, 2.24) is 0 Å². The Labute approximate surface area is 108 Å². The Morgan fingerprint density at radius 1 is 1.50 bits per heavy atom. The summed E-state index contributed by atoms with van der Waals surface area (Å²) in [5, 5.41) is 0. The molecule has 0 aromatic heterocycles. The summed E-state index contributed by atoms with van der Waals surface area (Å²) >= 11 is 0. The molecule has 0 saturated carbocycles. The number of rotatable bonds is 4. The molecular formula is C15H19NO2. The molecule has 0 aliphatic carbocycles. The fraction of sp³-hybridized carbons (Fsp3) is 0.400. The lowest BCUT2D eigenvalue weighted by Gasteiger charge is -2.13. The highest BCUT2D eigenvalue weighted by molar-refractivity contribution is 6.19. The van der Waals surface area contributed by atoms with Gasteiger partial charge in [-0.05, 0) is 36.8 Å². The van der Waals surface area contributed by atoms with Gasteiger partial charge in [0.15, 0.2) is 5.78 Å². The standard InChI is InChI=1S/C15H19NO2/c1-11(17)15(9-16)14-5-3-2-4-13(14)8-12-6-7-18-10-12/h2-5,9,12H,6-8,10,16H2,1H3/b15-9-/t12-/m1/s1. The maximum atomic E-state index is 11.6. The molecule has 1 fully saturated rings. The molecule has 0 amide bonds. The van der Waals surface area contributed by atoms with Crippen LogP contribution in [-0.4, -0.2) is 19.0 Å². The smallest absolute Gasteiger partial charge is 0.161 e. The van der Waals surface area contributed by atoms with Gasteiger partial charge in [-0.3, -0.25) is 4.79 Å². The van der Waals surface area contributed by atoms with Gasteiger partial charge in [-0.2, -0.15) is 0 Å². The van der Waals surface area contributed by atoms with Crippen molar-refractivity contribution in [3.8, 4) is 0 Å². The van der Waals surface area contributed by atoms with Crippen molar-refractivity contribution in [2.45, 2.75) is 19.8 Å². The van der Waals surface area contributed by atoms with Gasteiger partial charge in [0.25, 0.3) is 0 Å². The summed E-state index contributed by atoms with van der Waals surface area (Å²) in [7, 11) is 0. The third-order valence-corrected chi connectivity index (χ3v) is 3.39. The van der Waals surface area contributed by atoms with E-state index in [1.807, 2.05) is 18.2 Å². The van der Waals surface area contributed by atoms with E-state index in [0.717, 1.165) is 31.6 Å². The van der Waals surface area contributed by atoms with Crippen molar-refractivity contribution in [2.24, 2.45) is 11.7 Å². The zero-order chi connectivity index (χ0) is 13.0. The predicted molar refractivity (Wildman–Crippen MR) is 71.9 cm³/mol. The highest BCUT2D eigenvalue weighted by Gasteiger charge is 2.19. The van der Waals surface area contributed by atoms with Gasteiger partial charge < -0.3 is 10.5 Å². The lowest BCUT2D eigenvalue weighted by molar-refractivity contribution is -0.111. The van der Waals surface area contributed by atoms with Crippen LogP contribution in [0.5, 0.6) is 0 Å². The summed E-state index contributed by atoms with van der Waals surface area (Å²) in [6, 6.07) is 7.98. The molecule has 0 bridgehead atoms. The highest BCUT2D eigenvalue weighted by Crippen LogP contribution is 2.25. The van der Waals surface area contributed by atoms with E-state index in [2.05, 4.69) is 6.07 Å². The van der Waals surface area contributed by atoms with Crippen molar-refractivity contribution in [2.75, 3.05) is 13.2 Å². The first-order chi connectivity index (χ1) is 8.72. The molecule has 1 aliphatic heterocycles. The lowest BCUT2D eigenvalue weighted by atomic mass is 9.91. The van der Waals surface area contributed by atoms with Crippen LogP contribution >= 0.6 is 0 Å². The van der Waals surface area contributed by atoms with Gasteiger partial charge in [0, 0.05) is 25.0 Å². The number of benzene rings is 1. The minimum atomic E-state index is 0.00706. The number of carbonyl (C=O) groups excluding carboxylic acids is 1. The van der Waals surface area contributed by atoms with Crippen LogP contribution < -0.4 is 5.73 Å². The second kappa shape index (κ2) is 5.83. The molecule has 2 N–H and O–H groups in total. The average molecular weight is 245 g/mol. The summed E-state index contributed by atoms with van der Waals surface area (Å²) < 4.78 is 5.40. The minimum absolute atomic E-state index is 0.00706. The van der Waals surface area contributed by atoms with E-state index in [1.165, 1.54) is 11.8 Å². The fourth-order valence-corrected chi connectivity index (χ4v) is 2.41. The van der Waals surface area contributed by atoms with Crippen LogP contribution in [0.1, 0.15) is 24.5 Å². The lowest BCUT2D eigenvalue weighted by Crippen LogP contribution is -2.08. The normalized spacial score (nSPS) is 20.1. The summed E-state index contributed by atoms with van der Waals surface area (Å²) in [6.07, 6.45) is 3.45. The monoisotopic (exact) mass is 245 g/mol. The molecule has 3 nitrogen and oxygen atoms in total. The zero-order valence-corrected chi connectivity index (χ0v) is 10.7. The quantitative estimate of drug-likeness (QED) is 0.827. The first-order valence-electron chi connectivity index (χ1n) is 6.31. The summed E-state index contributed by atoms with van der Waals surface area (Å²) in [6.45, 7) is 3.21. The molecule has 18 heavy (non-hydrogen) atoms. The number of ketones is 1. The van der Waals surface area contributed by atoms with Gasteiger partial charge in [0.05, 0.1) is 0 Å². The Morgan fingerprint density at radius 3 is 2.89 bits per heavy atom. The van der Waals surface area contributed by atoms with Crippen LogP contribution in [-0.2, 0) is 16.0 Å². The molecule has 1 aromatic rings. The Morgan fingerprint density at radius 2 is 2.28 bits per heavy atom. The van der Waals surface area contributed by atoms with E-state index in [-0.39, 0.29) is 5.78 Å². The molecule has 0 unspecified atom stereocenters. The number of ether oxygens (including phenoxy) is 1. The number of allylic oxidation sites excluding steroid dienone is 1. The maximum absolute atomic E-state index is 11.6. The SMILES string of the molecule is CC(=O)/C(=C/N)c1ccccc1C[C@H]1CCOC1. The van der Waals surface area contributed by atoms with E-state index in [0.29, 0.717) is 11.5 Å². The van der Waals surface area contributed by atoms with Gasteiger partial charge >= 0.3 is 0 Å². The average Bonchev–Trinajstić information content (AvgIpc) is 2.84. The van der Waals surface area contributed by atoms with Gasteiger partial charge in [-0.15, -0.1) is 0 Å². The van der Waals surface area contributed by atoms with E-state index in [1.54, 1.807) is 6.92 Å². The number of carbonyl (C=O) groups is 1. The number of hydrogen-bond donors (Lipinski definition) is 1. The molecule has 0 radical (unpaired) electrons. The van der Waals surface area contributed by atoms with Gasteiger partial charge in [-0.1, -0.05) is 24.3 Å². The van der Waals surface area contributed by atoms with E-state index < -0.39 is 0 Å². The Hall–Kier alpha value is -1.61. The van der Waals surface area contributed by atoms with Crippen LogP contribution in [0.15, 0.2) is 30.5 Å². The summed E-state index contributed by atoms with van der Waals surface area (Å²) in [5.41, 5.74) is 8.31. The van der Waals surface area contributed by atoms with E-state index in [9.17, 15) is 4.79 Å². The Kier molecular flexibility index (Phi) is 4.15. The Bertz CT molecular complexity index is 459. The molecule has 1 aromatic carbocycles. The fourth-order valence-electron chi connectivity index (χ4n) is 2.41. The first-order valence-corrected chi connectivity index (χ1v) is 6.31. The summed E-state index contributed by atoms with van der Waals surface area (Å²) in [5.74, 6) is 0.560. The molecule has 96 valence electrons. The molecular weight excluding hydrogens is 226 g/mol. The molecule has 1 saturated heterocycles. The van der Waals surface area contributed by atoms with E-state index >= 15 is 0 Å². The predicted octanol–water partition coefficient (Wildman–Crippen LogP) is 2.15. The second-order valence-electron chi connectivity index (χ2n) is 4.73. The van der Waals surface area contributed by atoms with Crippen LogP contribution in [0.2, 0.25) is 0 Å². The molecule has 3 heteroatoms. The second-order valence-corrected chi connectivity index (χ2v) is 4.73. The van der Waals surface area contributed by atoms with Gasteiger partial charge in [-0.25, -0.2) is 0 Å². The number of hydrogen-bond acceptors (Lipinski definition) is 3. The van der Waals surface area contributed by atoms with Crippen molar-refractivity contribution in [3.63, 3.8) is 0 Å². The third kappa shape index (κ3) is 2.79. The largest absolute Gasteiger partial charge is 0.404 e. The van der Waals surface area contributed by atoms with Crippen LogP contribution in [0.3, 0.4) is 0 Å². The van der Waals surface area contributed by atoms with Crippen LogP contribution in [0.25, 0.3) is 5.57 Å². The number of Topliss-reactive ketones (excluding diaryl/α,β-unsaturated/α-hetero) is 1. The number of nitrogens with two attached hydrogens (primary N) is 1. The van der Waals surface area contributed by atoms with E-state index in [4.69, 9.17) is 10.5 Å². The highest BCUT2D eigenvalue weighted by atomic mass is 16.5. The minimum Gasteiger partial charge on any atom is -0.404 e. The third-order valence-electron chi connectivity index (χ3n) is 3.39. The Balaban J connectivity index is 2.27. The van der Waals surface area contributed by atoms with Crippen molar-refractivity contribution in [3.05, 3.63) is 41.6 Å². The van der Waals surface area contributed by atoms with Crippen molar-refractivity contribution >= 4 is 11.4 Å². The van der Waals surface area contributed by atoms with Gasteiger partial charge in [0.1, 0.15) is 0 Å². The van der Waals surface area contributed by atoms with Crippen LogP contribution in [0, 0.1) is 5.92 Å². The molecule has 1 atom stereocenters. The van der Waals surface area contributed by atoms with Gasteiger partial charge in [0.2, 0.25) is 0 Å².